The van der Waals surface area contributed by atoms with Gasteiger partial charge in [-0.05, 0) is 0 Å². The average molecular weight is 2310 g/mol. The predicted molar refractivity (Wildman–Crippen MR) is 398 cm³/mol. The van der Waals surface area contributed by atoms with Crippen molar-refractivity contribution in [2.24, 2.45) is 0 Å². The molecule has 8 rings (SSSR count). The van der Waals surface area contributed by atoms with E-state index in [-0.39, 0.29) is 0 Å². The molecule has 0 saturated carbocycles. The third-order valence-corrected chi connectivity index (χ3v) is 25.2. The van der Waals surface area contributed by atoms with Gasteiger partial charge in [0.2, 0.25) is 0 Å². The number of aliphatic hydroxyl groups excluding tert-OH is 9. The fraction of sp³-hybridized carbons (Fsp3) is 0.917. The minimum atomic E-state index is -6.52. The SMILES string of the molecule is O=C(O)[C@@H]1O[C@@H](O)[C@H](OS(=O)(=O)O)[C@@H](O)[C@@H]1O[C@H]1O[C@H](COS(=O)(=O)O)[C@@H](O[C@@H]2O[C@@H](C(=O)O)[C@@H](O[C@H]3O[C@H](COS(=O)(=O)O)[C@@H](O[C@@H]4O[C@@H](C(=O)O)[C@@H](O[C@H]5O[C@H](COS(=O)(=O)O)[C@@H](O[C@@H]6O[C@@H](C(=O)O)[C@@H](O[C@H]7O[C@H](COS(=O)(=O)O)C[C@H](O)[C@H]7NS(=O)(=O)O)[C@H](O)[C@H]6OS(=O)(=O)O)[C@H](O)[C@H]5NS(=O)(=O)O)[C@H](O)[C@H]4OS(=O)(=O)O)[C@H](O)[C@H]3NS(=O)(=O)O)[C@H](O)[C@H]2OS(=O)(=O)O)[C@H](O)[C@H]1NS(=O)(=O)O. The van der Waals surface area contributed by atoms with E-state index in [1.165, 1.54) is 4.72 Å². The van der Waals surface area contributed by atoms with Crippen LogP contribution in [0.4, 0.5) is 0 Å². The largest absolute Gasteiger partial charge is 0.479 e. The van der Waals surface area contributed by atoms with Crippen molar-refractivity contribution < 1.29 is 346 Å². The summed E-state index contributed by atoms with van der Waals surface area (Å²) in [5.41, 5.74) is 0. The fourth-order valence-electron chi connectivity index (χ4n) is 14.1. The zero-order valence-electron chi connectivity index (χ0n) is 67.0. The first kappa shape index (κ1) is 121. The van der Waals surface area contributed by atoms with E-state index in [1.54, 1.807) is 0 Å². The monoisotopic (exact) mass is 2310 g/mol. The molecule has 8 saturated heterocycles. The molecule has 0 bridgehead atoms. The Kier molecular flexibility index (Phi) is 39.5. The minimum absolute atomic E-state index is 0.991. The van der Waals surface area contributed by atoms with Gasteiger partial charge in [-0.25, -0.2) is 52.6 Å². The summed E-state index contributed by atoms with van der Waals surface area (Å²) in [6.45, 7) is -7.65. The number of rotatable bonds is 46. The van der Waals surface area contributed by atoms with Crippen molar-refractivity contribution >= 4 is 148 Å². The molecule has 0 radical (unpaired) electrons. The Balaban J connectivity index is 1.15. The van der Waals surface area contributed by atoms with Crippen LogP contribution in [0, 0.1) is 0 Å². The Labute approximate surface area is 780 Å². The van der Waals surface area contributed by atoms with Crippen LogP contribution in [-0.2, 0) is 248 Å². The molecule has 0 aromatic heterocycles. The number of carboxylic acid groups (broad SMARTS) is 4. The van der Waals surface area contributed by atoms with E-state index in [1.807, 2.05) is 0 Å². The van der Waals surface area contributed by atoms with Gasteiger partial charge >= 0.3 is 148 Å². The van der Waals surface area contributed by atoms with Crippen molar-refractivity contribution in [3.8, 4) is 0 Å². The molecule has 0 spiro atoms. The predicted octanol–water partition coefficient (Wildman–Crippen LogP) is -20.8. The number of aliphatic carboxylic acids is 4. The summed E-state index contributed by atoms with van der Waals surface area (Å²) >= 11 is 0. The molecule has 0 amide bonds. The normalized spacial score (nSPS) is 39.1. The summed E-state index contributed by atoms with van der Waals surface area (Å²) in [5.74, 6) is -10.3. The average Bonchev–Trinajstić information content (AvgIpc) is 0.750. The molecule has 140 heavy (non-hydrogen) atoms. The van der Waals surface area contributed by atoms with E-state index in [4.69, 9.17) is 70.9 Å². The van der Waals surface area contributed by atoms with Crippen molar-refractivity contribution in [2.75, 3.05) is 26.4 Å². The molecule has 0 aromatic carbocycles. The molecular weight excluding hydrogens is 2230 g/mol. The van der Waals surface area contributed by atoms with E-state index < -0.39 is 420 Å². The highest BCUT2D eigenvalue weighted by Gasteiger charge is 2.65. The number of nitrogens with one attached hydrogen (secondary N) is 4. The summed E-state index contributed by atoms with van der Waals surface area (Å²) in [6.07, 6.45) is -113. The van der Waals surface area contributed by atoms with Crippen molar-refractivity contribution in [2.45, 2.75) is 246 Å². The van der Waals surface area contributed by atoms with Crippen LogP contribution >= 0.6 is 0 Å². The molecule has 0 aliphatic carbocycles. The van der Waals surface area contributed by atoms with Crippen LogP contribution in [0.5, 0.6) is 0 Å². The number of ether oxygens (including phenoxy) is 15. The summed E-state index contributed by atoms with van der Waals surface area (Å²) in [5, 5.41) is 146. The first-order chi connectivity index (χ1) is 63.4. The van der Waals surface area contributed by atoms with Crippen LogP contribution in [0.1, 0.15) is 6.42 Å². The van der Waals surface area contributed by atoms with Crippen LogP contribution in [0.25, 0.3) is 0 Å². The molecule has 8 aliphatic rings. The topological polar surface area (TPSA) is 1240 Å². The highest BCUT2D eigenvalue weighted by Crippen LogP contribution is 2.42. The molecule has 29 N–H and O–H groups in total. The Morgan fingerprint density at radius 2 is 0.457 bits per heavy atom. The van der Waals surface area contributed by atoms with E-state index in [0.29, 0.717) is 0 Å². The Morgan fingerprint density at radius 3 is 0.693 bits per heavy atom. The molecule has 0 unspecified atom stereocenters. The van der Waals surface area contributed by atoms with E-state index in [0.717, 1.165) is 14.2 Å². The maximum absolute atomic E-state index is 13.4. The molecule has 0 aromatic rings. The van der Waals surface area contributed by atoms with Gasteiger partial charge in [-0.3, -0.25) is 54.6 Å². The maximum Gasteiger partial charge on any atom is 0.397 e. The van der Waals surface area contributed by atoms with Crippen LogP contribution in [-0.4, -0.2) is 512 Å². The second-order valence-electron chi connectivity index (χ2n) is 29.1. The number of aliphatic hydroxyl groups is 9. The number of carbonyl (C=O) groups is 4. The molecule has 8 aliphatic heterocycles. The Morgan fingerprint density at radius 1 is 0.243 bits per heavy atom. The van der Waals surface area contributed by atoms with Crippen LogP contribution in [0.2, 0.25) is 0 Å². The third kappa shape index (κ3) is 34.7. The van der Waals surface area contributed by atoms with Gasteiger partial charge in [0.15, 0.2) is 99.2 Å². The molecule has 80 nitrogen and oxygen atoms in total. The smallest absolute Gasteiger partial charge is 0.397 e. The second-order valence-corrected chi connectivity index (χ2v) is 42.4. The summed E-state index contributed by atoms with van der Waals surface area (Å²) in [6, 6.07) is -12.2. The lowest BCUT2D eigenvalue weighted by Crippen LogP contribution is -2.71. The lowest BCUT2D eigenvalue weighted by molar-refractivity contribution is -0.378. The molecule has 818 valence electrons. The van der Waals surface area contributed by atoms with Gasteiger partial charge in [-0.15, -0.1) is 0 Å². The fourth-order valence-corrected chi connectivity index (χ4v) is 19.7. The first-order valence-electron chi connectivity index (χ1n) is 36.3. The van der Waals surface area contributed by atoms with Gasteiger partial charge in [-0.1, -0.05) is 0 Å². The Bertz CT molecular complexity index is 5850. The summed E-state index contributed by atoms with van der Waals surface area (Å²) in [4.78, 5) is 52.2. The number of hydrogen-bond donors (Lipinski definition) is 29. The van der Waals surface area contributed by atoms with Crippen molar-refractivity contribution in [3.63, 3.8) is 0 Å². The second kappa shape index (κ2) is 45.8. The van der Waals surface area contributed by atoms with Crippen molar-refractivity contribution in [3.05, 3.63) is 0 Å². The zero-order chi connectivity index (χ0) is 106. The molecule has 8 fully saturated rings. The highest BCUT2D eigenvalue weighted by atomic mass is 32.3. The Hall–Kier alpha value is -4.64. The summed E-state index contributed by atoms with van der Waals surface area (Å²) < 4.78 is 531. The lowest BCUT2D eigenvalue weighted by Gasteiger charge is -2.51. The molecule has 39 atom stereocenters. The zero-order valence-corrected chi connectivity index (χ0v) is 76.8. The number of carboxylic acids is 4. The molecular formula is C48H78N4O76S12. The first-order valence-corrected chi connectivity index (χ1v) is 53.0. The standard InChI is InChI=1S/C48H78N4O76S12/c53-7-1-6(2-106-133(82,83)84)110-42(11(7)49-129(70,71)72)118-26-19(58)30(126-138(97,98)99)46(122-34(26)38(63)64)115-23-9(4-108-135(88,89)90)112-44(13(16(23)55)51-131(76,77)78)120-28-21(60)32(128-140(103,104)105)48(124-36(28)40(67)68)117-24-10(5-109-136(91,92)93)113-45(14(17(24)56)52-132(79,80)81)121-27-20(59)31(127-139(100,101)102)47(123-35(27)39(65)66)116-22-8(3-107-134(85,86)87)111-43(12(15(22)54)50-130(73,74)75)119-25-18(57)29(125-137(94,95)96)41(69)114-33(25)37(61)62/h6-36,41-60,69H,1-5H2,(H,61,62)(H,63,64)(H,65,66)(H,67,68)(H,70,71,72)(H,73,74,75)(H,76,77,78)(H,79,80,81)(H,82,83,84)(H,85,86,87)(H,88,89,90)(H,91,92,93)(H,94,95,96)(H,97,98,99)(H,100,101,102)(H,103,104,105)/t6-,7-,8+,9+,10+,11+,12+,13+,14+,15+,16+,17+,18-,19-,20-,21-,22+,23+,24+,25-,26-,27-,28-,29+,30+,31+,32+,33+,34+,35+,36+,41+,42+,43+,44+,45+,46+,47+,48+/m0/s1. The van der Waals surface area contributed by atoms with Gasteiger partial charge in [0.1, 0.15) is 128 Å². The van der Waals surface area contributed by atoms with Crippen LogP contribution < -0.4 is 18.9 Å². The van der Waals surface area contributed by atoms with E-state index in [9.17, 15) is 237 Å². The highest BCUT2D eigenvalue weighted by molar-refractivity contribution is 7.85. The van der Waals surface area contributed by atoms with E-state index in [2.05, 4.69) is 38.2 Å². The number of hydrogen-bond acceptors (Lipinski definition) is 60. The van der Waals surface area contributed by atoms with Gasteiger partial charge < -0.3 is 137 Å². The lowest BCUT2D eigenvalue weighted by atomic mass is 9.94. The van der Waals surface area contributed by atoms with Crippen LogP contribution in [0.3, 0.4) is 0 Å². The van der Waals surface area contributed by atoms with Crippen molar-refractivity contribution in [1.29, 1.82) is 0 Å². The van der Waals surface area contributed by atoms with Crippen molar-refractivity contribution in [1.82, 2.24) is 18.9 Å². The molecule has 92 heteroatoms. The third-order valence-electron chi connectivity index (χ3n) is 19.3. The minimum Gasteiger partial charge on any atom is -0.479 e. The summed E-state index contributed by atoms with van der Waals surface area (Å²) in [7, 11) is -72.9. The van der Waals surface area contributed by atoms with Gasteiger partial charge in [0.25, 0.3) is 0 Å². The van der Waals surface area contributed by atoms with Gasteiger partial charge in [0, 0.05) is 6.42 Å². The van der Waals surface area contributed by atoms with Gasteiger partial charge in [-0.2, -0.15) is 120 Å². The quantitative estimate of drug-likeness (QED) is 0.0252. The van der Waals surface area contributed by atoms with Gasteiger partial charge in [0.05, 0.1) is 38.6 Å². The van der Waals surface area contributed by atoms with Crippen LogP contribution in [0.15, 0.2) is 0 Å². The molecule has 8 heterocycles. The van der Waals surface area contributed by atoms with E-state index >= 15 is 0 Å². The maximum atomic E-state index is 13.4.